The van der Waals surface area contributed by atoms with E-state index in [1.807, 2.05) is 12.2 Å². The highest BCUT2D eigenvalue weighted by Crippen LogP contribution is 2.24. The molecule has 1 unspecified atom stereocenters. The summed E-state index contributed by atoms with van der Waals surface area (Å²) in [6.45, 7) is 2.56. The van der Waals surface area contributed by atoms with Gasteiger partial charge in [-0.15, -0.1) is 12.4 Å². The number of amides is 1. The van der Waals surface area contributed by atoms with Crippen molar-refractivity contribution in [3.05, 3.63) is 0 Å². The van der Waals surface area contributed by atoms with E-state index < -0.39 is 18.6 Å². The maximum Gasteiger partial charge on any atom is 0.405 e. The second-order valence-electron chi connectivity index (χ2n) is 4.66. The lowest BCUT2D eigenvalue weighted by Crippen LogP contribution is -2.36. The van der Waals surface area contributed by atoms with E-state index in [4.69, 9.17) is 0 Å². The molecule has 18 heavy (non-hydrogen) atoms. The Kier molecular flexibility index (Phi) is 7.62. The quantitative estimate of drug-likeness (QED) is 0.832. The van der Waals surface area contributed by atoms with Crippen molar-refractivity contribution in [3.8, 4) is 0 Å². The van der Waals surface area contributed by atoms with Gasteiger partial charge in [0.2, 0.25) is 5.91 Å². The molecule has 0 aliphatic carbocycles. The minimum absolute atomic E-state index is 0. The molecule has 108 valence electrons. The molecule has 0 saturated carbocycles. The van der Waals surface area contributed by atoms with Crippen molar-refractivity contribution in [2.75, 3.05) is 19.6 Å². The first kappa shape index (κ1) is 17.5. The van der Waals surface area contributed by atoms with E-state index in [2.05, 4.69) is 5.32 Å². The minimum atomic E-state index is -4.33. The van der Waals surface area contributed by atoms with Gasteiger partial charge in [0.15, 0.2) is 0 Å². The van der Waals surface area contributed by atoms with Crippen LogP contribution < -0.4 is 10.6 Å². The van der Waals surface area contributed by atoms with Crippen LogP contribution in [0.5, 0.6) is 0 Å². The van der Waals surface area contributed by atoms with Gasteiger partial charge in [0.1, 0.15) is 6.54 Å². The molecule has 2 N–H and O–H groups in total. The van der Waals surface area contributed by atoms with Gasteiger partial charge in [-0.05, 0) is 37.8 Å². The van der Waals surface area contributed by atoms with Crippen LogP contribution in [0.15, 0.2) is 0 Å². The van der Waals surface area contributed by atoms with Gasteiger partial charge in [0.05, 0.1) is 0 Å². The van der Waals surface area contributed by atoms with Crippen LogP contribution in [0.1, 0.15) is 26.2 Å². The normalized spacial score (nSPS) is 18.9. The summed E-state index contributed by atoms with van der Waals surface area (Å²) in [6.07, 6.45) is -2.16. The monoisotopic (exact) mass is 288 g/mol. The number of carbonyl (C=O) groups excluding carboxylic acids is 1. The van der Waals surface area contributed by atoms with E-state index in [-0.39, 0.29) is 24.7 Å². The molecule has 1 aliphatic rings. The molecule has 1 atom stereocenters. The smallest absolute Gasteiger partial charge is 0.347 e. The van der Waals surface area contributed by atoms with E-state index >= 15 is 0 Å². The Hall–Kier alpha value is -0.490. The van der Waals surface area contributed by atoms with Gasteiger partial charge in [0, 0.05) is 6.42 Å². The third-order valence-electron chi connectivity index (χ3n) is 3.18. The number of hydrogen-bond donors (Lipinski definition) is 2. The van der Waals surface area contributed by atoms with Crippen molar-refractivity contribution in [1.29, 1.82) is 0 Å². The van der Waals surface area contributed by atoms with Gasteiger partial charge in [-0.1, -0.05) is 6.92 Å². The Labute approximate surface area is 111 Å². The predicted octanol–water partition coefficient (Wildman–Crippen LogP) is 2.11. The molecule has 1 rings (SSSR count). The average molecular weight is 289 g/mol. The lowest BCUT2D eigenvalue weighted by atomic mass is 9.84. The second-order valence-corrected chi connectivity index (χ2v) is 4.66. The molecular weight excluding hydrogens is 269 g/mol. The molecule has 1 aliphatic heterocycles. The first-order chi connectivity index (χ1) is 7.88. The number of nitrogens with one attached hydrogen (secondary N) is 2. The first-order valence-electron chi connectivity index (χ1n) is 5.92. The van der Waals surface area contributed by atoms with Crippen LogP contribution in [0, 0.1) is 11.8 Å². The fraction of sp³-hybridized carbons (Fsp3) is 0.909. The topological polar surface area (TPSA) is 41.1 Å². The molecular formula is C11H20ClF3N2O. The number of halogens is 4. The van der Waals surface area contributed by atoms with Crippen molar-refractivity contribution >= 4 is 18.3 Å². The SMILES string of the molecule is CC(CC(=O)NCC(F)(F)F)C1CCNCC1.Cl. The minimum Gasteiger partial charge on any atom is -0.347 e. The van der Waals surface area contributed by atoms with E-state index in [0.717, 1.165) is 25.9 Å². The van der Waals surface area contributed by atoms with Crippen LogP contribution in [0.2, 0.25) is 0 Å². The number of carbonyl (C=O) groups is 1. The van der Waals surface area contributed by atoms with E-state index in [1.54, 1.807) is 0 Å². The van der Waals surface area contributed by atoms with Crippen molar-refractivity contribution in [2.45, 2.75) is 32.4 Å². The summed E-state index contributed by atoms with van der Waals surface area (Å²) in [6, 6.07) is 0. The van der Waals surface area contributed by atoms with Crippen molar-refractivity contribution in [1.82, 2.24) is 10.6 Å². The van der Waals surface area contributed by atoms with Crippen molar-refractivity contribution in [2.24, 2.45) is 11.8 Å². The Bertz CT molecular complexity index is 255. The summed E-state index contributed by atoms with van der Waals surface area (Å²) >= 11 is 0. The van der Waals surface area contributed by atoms with E-state index in [1.165, 1.54) is 0 Å². The summed E-state index contributed by atoms with van der Waals surface area (Å²) in [5, 5.41) is 5.13. The Balaban J connectivity index is 0.00000289. The van der Waals surface area contributed by atoms with Crippen LogP contribution in [0.4, 0.5) is 13.2 Å². The highest BCUT2D eigenvalue weighted by atomic mass is 35.5. The molecule has 0 aromatic carbocycles. The molecule has 0 spiro atoms. The van der Waals surface area contributed by atoms with Gasteiger partial charge in [0.25, 0.3) is 0 Å². The van der Waals surface area contributed by atoms with Gasteiger partial charge < -0.3 is 10.6 Å². The third kappa shape index (κ3) is 7.06. The van der Waals surface area contributed by atoms with Gasteiger partial charge in [-0.3, -0.25) is 4.79 Å². The molecule has 0 bridgehead atoms. The van der Waals surface area contributed by atoms with Crippen LogP contribution in [-0.4, -0.2) is 31.7 Å². The summed E-state index contributed by atoms with van der Waals surface area (Å²) < 4.78 is 35.7. The second kappa shape index (κ2) is 7.84. The molecule has 0 aromatic rings. The number of alkyl halides is 3. The fourth-order valence-electron chi connectivity index (χ4n) is 2.14. The molecule has 7 heteroatoms. The number of hydrogen-bond acceptors (Lipinski definition) is 2. The maximum atomic E-state index is 11.9. The largest absolute Gasteiger partial charge is 0.405 e. The molecule has 1 saturated heterocycles. The van der Waals surface area contributed by atoms with Crippen molar-refractivity contribution in [3.63, 3.8) is 0 Å². The van der Waals surface area contributed by atoms with Gasteiger partial charge >= 0.3 is 6.18 Å². The summed E-state index contributed by atoms with van der Waals surface area (Å²) in [5.74, 6) is 0.0755. The van der Waals surface area contributed by atoms with Crippen LogP contribution in [-0.2, 0) is 4.79 Å². The zero-order chi connectivity index (χ0) is 12.9. The molecule has 3 nitrogen and oxygen atoms in total. The first-order valence-corrected chi connectivity index (χ1v) is 5.92. The highest BCUT2D eigenvalue weighted by molar-refractivity contribution is 5.85. The van der Waals surface area contributed by atoms with E-state index in [9.17, 15) is 18.0 Å². The molecule has 1 amide bonds. The standard InChI is InChI=1S/C11H19F3N2O.ClH/c1-8(9-2-4-15-5-3-9)6-10(17)16-7-11(12,13)14;/h8-9,15H,2-7H2,1H3,(H,16,17);1H. The van der Waals surface area contributed by atoms with Crippen molar-refractivity contribution < 1.29 is 18.0 Å². The lowest BCUT2D eigenvalue weighted by molar-refractivity contribution is -0.139. The zero-order valence-electron chi connectivity index (χ0n) is 10.3. The third-order valence-corrected chi connectivity index (χ3v) is 3.18. The fourth-order valence-corrected chi connectivity index (χ4v) is 2.14. The van der Waals surface area contributed by atoms with Crippen LogP contribution >= 0.6 is 12.4 Å². The summed E-state index contributed by atoms with van der Waals surface area (Å²) in [4.78, 5) is 11.3. The average Bonchev–Trinajstić information content (AvgIpc) is 2.27. The Morgan fingerprint density at radius 1 is 1.39 bits per heavy atom. The molecule has 0 radical (unpaired) electrons. The summed E-state index contributed by atoms with van der Waals surface area (Å²) in [7, 11) is 0. The Morgan fingerprint density at radius 3 is 2.44 bits per heavy atom. The van der Waals surface area contributed by atoms with Gasteiger partial charge in [-0.25, -0.2) is 0 Å². The molecule has 1 fully saturated rings. The maximum absolute atomic E-state index is 11.9. The number of piperidine rings is 1. The van der Waals surface area contributed by atoms with Crippen LogP contribution in [0.25, 0.3) is 0 Å². The molecule has 1 heterocycles. The van der Waals surface area contributed by atoms with E-state index in [0.29, 0.717) is 5.92 Å². The highest BCUT2D eigenvalue weighted by Gasteiger charge is 2.28. The lowest BCUT2D eigenvalue weighted by Gasteiger charge is -2.27. The Morgan fingerprint density at radius 2 is 1.94 bits per heavy atom. The summed E-state index contributed by atoms with van der Waals surface area (Å²) in [5.41, 5.74) is 0. The predicted molar refractivity (Wildman–Crippen MR) is 65.7 cm³/mol. The zero-order valence-corrected chi connectivity index (χ0v) is 11.2. The number of rotatable bonds is 4. The van der Waals surface area contributed by atoms with Gasteiger partial charge in [-0.2, -0.15) is 13.2 Å². The molecule has 0 aromatic heterocycles. The van der Waals surface area contributed by atoms with Crippen LogP contribution in [0.3, 0.4) is 0 Å².